The Morgan fingerprint density at radius 2 is 2.00 bits per heavy atom. The number of benzene rings is 1. The van der Waals surface area contributed by atoms with Crippen molar-refractivity contribution in [1.82, 2.24) is 15.0 Å². The van der Waals surface area contributed by atoms with Gasteiger partial charge in [-0.05, 0) is 37.5 Å². The van der Waals surface area contributed by atoms with E-state index in [0.29, 0.717) is 18.8 Å². The highest BCUT2D eigenvalue weighted by atomic mass is 16.2. The molecular formula is C21H22N4O. The number of pyridine rings is 1. The number of H-pyrrole nitrogens is 1. The summed E-state index contributed by atoms with van der Waals surface area (Å²) in [5, 5.41) is 0. The maximum Gasteiger partial charge on any atom is 0.231 e. The third-order valence-electron chi connectivity index (χ3n) is 4.89. The molecule has 1 N–H and O–H groups in total. The summed E-state index contributed by atoms with van der Waals surface area (Å²) in [4.78, 5) is 27.4. The van der Waals surface area contributed by atoms with E-state index in [9.17, 15) is 4.79 Å². The average molecular weight is 346 g/mol. The molecule has 5 heteroatoms. The van der Waals surface area contributed by atoms with Gasteiger partial charge < -0.3 is 4.98 Å². The Morgan fingerprint density at radius 3 is 2.77 bits per heavy atom. The lowest BCUT2D eigenvalue weighted by molar-refractivity contribution is -0.122. The summed E-state index contributed by atoms with van der Waals surface area (Å²) in [5.41, 5.74) is 3.31. The predicted octanol–water partition coefficient (Wildman–Crippen LogP) is 3.45. The van der Waals surface area contributed by atoms with Crippen LogP contribution < -0.4 is 4.90 Å². The van der Waals surface area contributed by atoms with Gasteiger partial charge in [-0.3, -0.25) is 9.69 Å². The molecule has 1 aromatic carbocycles. The minimum atomic E-state index is -0.0481. The smallest absolute Gasteiger partial charge is 0.231 e. The van der Waals surface area contributed by atoms with Crippen LogP contribution in [0.2, 0.25) is 0 Å². The SMILES string of the molecule is Cc1nc2c([nH]1)CC(C(=O)N(Cc1ccccc1)c1ccccn1)CC2. The molecule has 4 rings (SSSR count). The number of hydrogen-bond donors (Lipinski definition) is 1. The second-order valence-corrected chi connectivity index (χ2v) is 6.79. The van der Waals surface area contributed by atoms with Gasteiger partial charge >= 0.3 is 0 Å². The summed E-state index contributed by atoms with van der Waals surface area (Å²) in [5.74, 6) is 1.71. The van der Waals surface area contributed by atoms with Crippen LogP contribution in [0.15, 0.2) is 54.7 Å². The van der Waals surface area contributed by atoms with Crippen molar-refractivity contribution in [3.63, 3.8) is 0 Å². The first kappa shape index (κ1) is 16.5. The molecule has 0 bridgehead atoms. The number of anilines is 1. The highest BCUT2D eigenvalue weighted by molar-refractivity contribution is 5.94. The molecule has 0 spiro atoms. The summed E-state index contributed by atoms with van der Waals surface area (Å²) in [6.45, 7) is 2.49. The van der Waals surface area contributed by atoms with Crippen LogP contribution in [0.3, 0.4) is 0 Å². The summed E-state index contributed by atoms with van der Waals surface area (Å²) >= 11 is 0. The van der Waals surface area contributed by atoms with Gasteiger partial charge in [-0.2, -0.15) is 0 Å². The number of nitrogens with zero attached hydrogens (tertiary/aromatic N) is 3. The van der Waals surface area contributed by atoms with Crippen LogP contribution in [-0.4, -0.2) is 20.9 Å². The van der Waals surface area contributed by atoms with Crippen LogP contribution in [0.5, 0.6) is 0 Å². The molecule has 132 valence electrons. The Bertz CT molecular complexity index is 889. The first-order valence-electron chi connectivity index (χ1n) is 9.01. The molecule has 1 aliphatic rings. The van der Waals surface area contributed by atoms with Crippen LogP contribution in [-0.2, 0) is 24.2 Å². The molecule has 1 amide bonds. The van der Waals surface area contributed by atoms with Crippen molar-refractivity contribution in [2.45, 2.75) is 32.7 Å². The molecule has 2 aromatic heterocycles. The maximum absolute atomic E-state index is 13.4. The van der Waals surface area contributed by atoms with Crippen LogP contribution >= 0.6 is 0 Å². The third kappa shape index (κ3) is 3.38. The van der Waals surface area contributed by atoms with Gasteiger partial charge in [-0.1, -0.05) is 36.4 Å². The van der Waals surface area contributed by atoms with Crippen LogP contribution in [0.25, 0.3) is 0 Å². The number of carbonyl (C=O) groups excluding carboxylic acids is 1. The van der Waals surface area contributed by atoms with Crippen LogP contribution in [0.4, 0.5) is 5.82 Å². The molecule has 5 nitrogen and oxygen atoms in total. The van der Waals surface area contributed by atoms with Crippen molar-refractivity contribution in [1.29, 1.82) is 0 Å². The van der Waals surface area contributed by atoms with Gasteiger partial charge in [0.1, 0.15) is 11.6 Å². The lowest BCUT2D eigenvalue weighted by Gasteiger charge is -2.28. The maximum atomic E-state index is 13.4. The summed E-state index contributed by atoms with van der Waals surface area (Å²) in [6.07, 6.45) is 4.12. The van der Waals surface area contributed by atoms with E-state index in [-0.39, 0.29) is 11.8 Å². The number of nitrogens with one attached hydrogen (secondary N) is 1. The van der Waals surface area contributed by atoms with Crippen molar-refractivity contribution in [2.24, 2.45) is 5.92 Å². The number of rotatable bonds is 4. The molecule has 0 saturated carbocycles. The molecule has 2 heterocycles. The Balaban J connectivity index is 1.60. The Labute approximate surface area is 153 Å². The number of hydrogen-bond acceptors (Lipinski definition) is 3. The van der Waals surface area contributed by atoms with Crippen molar-refractivity contribution < 1.29 is 4.79 Å². The fourth-order valence-corrected chi connectivity index (χ4v) is 3.61. The molecule has 0 fully saturated rings. The molecule has 1 aliphatic carbocycles. The summed E-state index contributed by atoms with van der Waals surface area (Å²) < 4.78 is 0. The van der Waals surface area contributed by atoms with E-state index >= 15 is 0 Å². The van der Waals surface area contributed by atoms with E-state index in [1.165, 1.54) is 0 Å². The number of aromatic nitrogens is 3. The summed E-state index contributed by atoms with van der Waals surface area (Å²) in [7, 11) is 0. The highest BCUT2D eigenvalue weighted by Crippen LogP contribution is 2.27. The van der Waals surface area contributed by atoms with Gasteiger partial charge in [-0.25, -0.2) is 9.97 Å². The highest BCUT2D eigenvalue weighted by Gasteiger charge is 2.31. The molecular weight excluding hydrogens is 324 g/mol. The van der Waals surface area contributed by atoms with Crippen molar-refractivity contribution in [2.75, 3.05) is 4.90 Å². The van der Waals surface area contributed by atoms with Gasteiger partial charge in [-0.15, -0.1) is 0 Å². The fraction of sp³-hybridized carbons (Fsp3) is 0.286. The zero-order valence-electron chi connectivity index (χ0n) is 14.9. The monoisotopic (exact) mass is 346 g/mol. The largest absolute Gasteiger partial charge is 0.346 e. The molecule has 0 radical (unpaired) electrons. The number of aromatic amines is 1. The molecule has 3 aromatic rings. The van der Waals surface area contributed by atoms with E-state index in [2.05, 4.69) is 15.0 Å². The number of aryl methyl sites for hydroxylation is 2. The molecule has 1 atom stereocenters. The lowest BCUT2D eigenvalue weighted by atomic mass is 9.88. The van der Waals surface area contributed by atoms with Crippen molar-refractivity contribution in [3.8, 4) is 0 Å². The normalized spacial score (nSPS) is 16.1. The second kappa shape index (κ2) is 7.12. The predicted molar refractivity (Wildman–Crippen MR) is 101 cm³/mol. The van der Waals surface area contributed by atoms with Gasteiger partial charge in [0, 0.05) is 24.2 Å². The average Bonchev–Trinajstić information content (AvgIpc) is 3.06. The van der Waals surface area contributed by atoms with Crippen molar-refractivity contribution >= 4 is 11.7 Å². The Kier molecular flexibility index (Phi) is 4.52. The quantitative estimate of drug-likeness (QED) is 0.787. The van der Waals surface area contributed by atoms with E-state index in [1.54, 1.807) is 6.20 Å². The zero-order chi connectivity index (χ0) is 17.9. The molecule has 1 unspecified atom stereocenters. The number of amides is 1. The van der Waals surface area contributed by atoms with Gasteiger partial charge in [0.2, 0.25) is 5.91 Å². The lowest BCUT2D eigenvalue weighted by Crippen LogP contribution is -2.38. The number of carbonyl (C=O) groups is 1. The minimum absolute atomic E-state index is 0.0481. The zero-order valence-corrected chi connectivity index (χ0v) is 14.9. The molecule has 0 saturated heterocycles. The van der Waals surface area contributed by atoms with E-state index in [4.69, 9.17) is 0 Å². The van der Waals surface area contributed by atoms with Gasteiger partial charge in [0.15, 0.2) is 0 Å². The fourth-order valence-electron chi connectivity index (χ4n) is 3.61. The number of imidazole rings is 1. The van der Waals surface area contributed by atoms with E-state index in [1.807, 2.05) is 60.4 Å². The number of fused-ring (bicyclic) bond motifs is 1. The second-order valence-electron chi connectivity index (χ2n) is 6.79. The van der Waals surface area contributed by atoms with E-state index < -0.39 is 0 Å². The Hall–Kier alpha value is -2.95. The van der Waals surface area contributed by atoms with Gasteiger partial charge in [0.05, 0.1) is 12.2 Å². The van der Waals surface area contributed by atoms with Crippen molar-refractivity contribution in [3.05, 3.63) is 77.5 Å². The van der Waals surface area contributed by atoms with Crippen LogP contribution in [0, 0.1) is 12.8 Å². The van der Waals surface area contributed by atoms with E-state index in [0.717, 1.165) is 35.6 Å². The topological polar surface area (TPSA) is 61.9 Å². The Morgan fingerprint density at radius 1 is 1.19 bits per heavy atom. The molecule has 26 heavy (non-hydrogen) atoms. The standard InChI is InChI=1S/C21H22N4O/c1-15-23-18-11-10-17(13-19(18)24-15)21(26)25(20-9-5-6-12-22-20)14-16-7-3-2-4-8-16/h2-9,12,17H,10-11,13-14H2,1H3,(H,23,24). The minimum Gasteiger partial charge on any atom is -0.346 e. The first-order valence-corrected chi connectivity index (χ1v) is 9.01. The van der Waals surface area contributed by atoms with Gasteiger partial charge in [0.25, 0.3) is 0 Å². The first-order chi connectivity index (χ1) is 12.7. The molecule has 0 aliphatic heterocycles. The third-order valence-corrected chi connectivity index (χ3v) is 4.89. The van der Waals surface area contributed by atoms with Crippen LogP contribution in [0.1, 0.15) is 29.2 Å². The summed E-state index contributed by atoms with van der Waals surface area (Å²) in [6, 6.07) is 15.8.